The first kappa shape index (κ1) is 18.6. The van der Waals surface area contributed by atoms with Crippen molar-refractivity contribution in [3.63, 3.8) is 0 Å². The highest BCUT2D eigenvalue weighted by molar-refractivity contribution is 5.93. The van der Waals surface area contributed by atoms with Gasteiger partial charge in [0.2, 0.25) is 5.91 Å². The summed E-state index contributed by atoms with van der Waals surface area (Å²) in [6.07, 6.45) is 8.02. The topological polar surface area (TPSA) is 92.4 Å². The van der Waals surface area contributed by atoms with Gasteiger partial charge >= 0.3 is 0 Å². The van der Waals surface area contributed by atoms with Gasteiger partial charge in [-0.3, -0.25) is 19.6 Å². The molecule has 0 radical (unpaired) electrons. The van der Waals surface area contributed by atoms with Gasteiger partial charge in [0, 0.05) is 37.7 Å². The van der Waals surface area contributed by atoms with Crippen molar-refractivity contribution in [1.82, 2.24) is 24.8 Å². The van der Waals surface area contributed by atoms with Gasteiger partial charge in [-0.1, -0.05) is 0 Å². The maximum atomic E-state index is 12.9. The molecule has 2 aromatic heterocycles. The van der Waals surface area contributed by atoms with Crippen LogP contribution in [0.15, 0.2) is 23.2 Å². The van der Waals surface area contributed by atoms with E-state index < -0.39 is 0 Å². The minimum Gasteiger partial charge on any atom is -0.448 e. The molecule has 0 unspecified atom stereocenters. The van der Waals surface area contributed by atoms with Crippen molar-refractivity contribution in [2.24, 2.45) is 5.41 Å². The summed E-state index contributed by atoms with van der Waals surface area (Å²) in [6.45, 7) is 6.10. The van der Waals surface area contributed by atoms with Crippen molar-refractivity contribution < 1.29 is 14.0 Å². The highest BCUT2D eigenvalue weighted by atomic mass is 16.3. The normalized spacial score (nSPS) is 22.7. The first-order valence-corrected chi connectivity index (χ1v) is 9.70. The molecule has 1 atom stereocenters. The number of carbonyl (C=O) groups excluding carboxylic acids is 2. The molecular formula is C20H25N5O3. The van der Waals surface area contributed by atoms with Crippen LogP contribution in [0, 0.1) is 19.3 Å². The fourth-order valence-electron chi connectivity index (χ4n) is 4.32. The number of likely N-dealkylation sites (tertiary alicyclic amines) is 2. The van der Waals surface area contributed by atoms with Crippen molar-refractivity contribution in [2.75, 3.05) is 19.6 Å². The Bertz CT molecular complexity index is 878. The van der Waals surface area contributed by atoms with Crippen LogP contribution in [0.3, 0.4) is 0 Å². The Hall–Kier alpha value is -2.77. The molecule has 2 aliphatic heterocycles. The molecule has 2 amide bonds. The predicted octanol–water partition coefficient (Wildman–Crippen LogP) is 2.13. The molecule has 0 aromatic carbocycles. The summed E-state index contributed by atoms with van der Waals surface area (Å²) in [5.41, 5.74) is 1.96. The molecular weight excluding hydrogens is 358 g/mol. The summed E-state index contributed by atoms with van der Waals surface area (Å²) in [4.78, 5) is 41.9. The van der Waals surface area contributed by atoms with E-state index in [2.05, 4.69) is 15.0 Å². The number of piperidine rings is 2. The zero-order valence-corrected chi connectivity index (χ0v) is 16.3. The largest absolute Gasteiger partial charge is 0.448 e. The molecule has 2 aromatic rings. The van der Waals surface area contributed by atoms with E-state index in [4.69, 9.17) is 4.42 Å². The van der Waals surface area contributed by atoms with Gasteiger partial charge in [-0.2, -0.15) is 0 Å². The second-order valence-electron chi connectivity index (χ2n) is 7.99. The zero-order chi connectivity index (χ0) is 19.7. The van der Waals surface area contributed by atoms with Crippen molar-refractivity contribution in [3.05, 3.63) is 41.6 Å². The Balaban J connectivity index is 1.48. The third-order valence-electron chi connectivity index (χ3n) is 5.83. The van der Waals surface area contributed by atoms with E-state index in [0.717, 1.165) is 30.7 Å². The molecule has 8 heteroatoms. The Morgan fingerprint density at radius 1 is 1.18 bits per heavy atom. The Kier molecular flexibility index (Phi) is 4.87. The van der Waals surface area contributed by atoms with E-state index in [1.165, 1.54) is 6.39 Å². The Labute approximate surface area is 164 Å². The molecule has 0 bridgehead atoms. The first-order chi connectivity index (χ1) is 13.5. The SMILES string of the molecule is Cc1cnc(CN2C[C@@]3(CCCN(C(=O)c4ncoc4C)C3)CCC2=O)cn1. The van der Waals surface area contributed by atoms with Crippen LogP contribution in [0.25, 0.3) is 0 Å². The molecule has 0 aliphatic carbocycles. The first-order valence-electron chi connectivity index (χ1n) is 9.70. The number of aromatic nitrogens is 3. The van der Waals surface area contributed by atoms with Crippen LogP contribution in [-0.4, -0.2) is 56.2 Å². The van der Waals surface area contributed by atoms with Gasteiger partial charge in [-0.15, -0.1) is 0 Å². The van der Waals surface area contributed by atoms with Crippen LogP contribution >= 0.6 is 0 Å². The van der Waals surface area contributed by atoms with Gasteiger partial charge in [-0.05, 0) is 33.1 Å². The molecule has 2 fully saturated rings. The summed E-state index contributed by atoms with van der Waals surface area (Å²) in [5.74, 6) is 0.602. The number of amides is 2. The van der Waals surface area contributed by atoms with Gasteiger partial charge in [0.25, 0.3) is 5.91 Å². The van der Waals surface area contributed by atoms with Crippen LogP contribution in [0.1, 0.15) is 53.3 Å². The van der Waals surface area contributed by atoms with Gasteiger partial charge in [0.15, 0.2) is 12.1 Å². The molecule has 148 valence electrons. The number of carbonyl (C=O) groups is 2. The molecule has 2 saturated heterocycles. The summed E-state index contributed by atoms with van der Waals surface area (Å²) in [5, 5.41) is 0. The Morgan fingerprint density at radius 2 is 2.04 bits per heavy atom. The highest BCUT2D eigenvalue weighted by Crippen LogP contribution is 2.39. The maximum Gasteiger partial charge on any atom is 0.276 e. The van der Waals surface area contributed by atoms with Crippen molar-refractivity contribution in [1.29, 1.82) is 0 Å². The molecule has 4 heterocycles. The average molecular weight is 383 g/mol. The van der Waals surface area contributed by atoms with E-state index in [9.17, 15) is 9.59 Å². The minimum atomic E-state index is -0.0850. The van der Waals surface area contributed by atoms with E-state index in [-0.39, 0.29) is 17.2 Å². The number of nitrogens with zero attached hydrogens (tertiary/aromatic N) is 5. The van der Waals surface area contributed by atoms with E-state index in [1.807, 2.05) is 16.7 Å². The molecule has 8 nitrogen and oxygen atoms in total. The second kappa shape index (κ2) is 7.33. The lowest BCUT2D eigenvalue weighted by molar-refractivity contribution is -0.139. The van der Waals surface area contributed by atoms with Gasteiger partial charge in [0.1, 0.15) is 5.76 Å². The smallest absolute Gasteiger partial charge is 0.276 e. The lowest BCUT2D eigenvalue weighted by atomic mass is 9.73. The predicted molar refractivity (Wildman–Crippen MR) is 100 cm³/mol. The van der Waals surface area contributed by atoms with Crippen LogP contribution < -0.4 is 0 Å². The van der Waals surface area contributed by atoms with Crippen LogP contribution in [0.2, 0.25) is 0 Å². The van der Waals surface area contributed by atoms with Crippen molar-refractivity contribution in [3.8, 4) is 0 Å². The number of rotatable bonds is 3. The van der Waals surface area contributed by atoms with Crippen LogP contribution in [-0.2, 0) is 11.3 Å². The zero-order valence-electron chi connectivity index (χ0n) is 16.3. The fourth-order valence-corrected chi connectivity index (χ4v) is 4.32. The van der Waals surface area contributed by atoms with Gasteiger partial charge in [-0.25, -0.2) is 4.98 Å². The quantitative estimate of drug-likeness (QED) is 0.806. The van der Waals surface area contributed by atoms with Crippen molar-refractivity contribution >= 4 is 11.8 Å². The molecule has 2 aliphatic rings. The maximum absolute atomic E-state index is 12.9. The molecule has 4 rings (SSSR count). The highest BCUT2D eigenvalue weighted by Gasteiger charge is 2.43. The lowest BCUT2D eigenvalue weighted by Crippen LogP contribution is -2.55. The van der Waals surface area contributed by atoms with Gasteiger partial charge in [0.05, 0.1) is 24.1 Å². The third kappa shape index (κ3) is 3.63. The molecule has 0 saturated carbocycles. The number of hydrogen-bond donors (Lipinski definition) is 0. The monoisotopic (exact) mass is 383 g/mol. The summed E-state index contributed by atoms with van der Waals surface area (Å²) in [6, 6.07) is 0. The third-order valence-corrected chi connectivity index (χ3v) is 5.83. The summed E-state index contributed by atoms with van der Waals surface area (Å²) >= 11 is 0. The lowest BCUT2D eigenvalue weighted by Gasteiger charge is -2.48. The fraction of sp³-hybridized carbons (Fsp3) is 0.550. The Morgan fingerprint density at radius 3 is 2.75 bits per heavy atom. The summed E-state index contributed by atoms with van der Waals surface area (Å²) in [7, 11) is 0. The van der Waals surface area contributed by atoms with E-state index in [1.54, 1.807) is 19.3 Å². The number of hydrogen-bond acceptors (Lipinski definition) is 6. The molecule has 1 spiro atoms. The number of aryl methyl sites for hydroxylation is 2. The average Bonchev–Trinajstić information content (AvgIpc) is 3.12. The minimum absolute atomic E-state index is 0.0718. The molecule has 28 heavy (non-hydrogen) atoms. The standard InChI is InChI=1S/C20H25N5O3/c1-14-8-22-16(9-21-14)10-25-12-20(6-4-17(25)26)5-3-7-24(11-20)19(27)18-15(2)28-13-23-18/h8-9,13H,3-7,10-12H2,1-2H3/t20-/m0/s1. The van der Waals surface area contributed by atoms with Crippen molar-refractivity contribution in [2.45, 2.75) is 46.1 Å². The second-order valence-corrected chi connectivity index (χ2v) is 7.99. The summed E-state index contributed by atoms with van der Waals surface area (Å²) < 4.78 is 5.19. The molecule has 0 N–H and O–H groups in total. The number of oxazole rings is 1. The van der Waals surface area contributed by atoms with E-state index in [0.29, 0.717) is 44.1 Å². The van der Waals surface area contributed by atoms with E-state index >= 15 is 0 Å². The van der Waals surface area contributed by atoms with Gasteiger partial charge < -0.3 is 14.2 Å². The van der Waals surface area contributed by atoms with Crippen LogP contribution in [0.4, 0.5) is 0 Å². The van der Waals surface area contributed by atoms with Crippen LogP contribution in [0.5, 0.6) is 0 Å².